The molecule has 0 radical (unpaired) electrons. The van der Waals surface area contributed by atoms with Gasteiger partial charge in [0.15, 0.2) is 0 Å². The fourth-order valence-electron chi connectivity index (χ4n) is 1.12. The molecule has 0 aliphatic carbocycles. The molecule has 0 amide bonds. The zero-order chi connectivity index (χ0) is 12.0. The number of nitrogens with zero attached hydrogens (tertiary/aromatic N) is 2. The van der Waals surface area contributed by atoms with Crippen LogP contribution >= 0.6 is 0 Å². The Morgan fingerprint density at radius 3 is 2.50 bits per heavy atom. The Bertz CT molecular complexity index is 369. The normalized spacial score (nSPS) is 10.4. The Morgan fingerprint density at radius 1 is 1.38 bits per heavy atom. The zero-order valence-electron chi connectivity index (χ0n) is 9.80. The molecule has 0 saturated heterocycles. The van der Waals surface area contributed by atoms with E-state index in [9.17, 15) is 4.79 Å². The largest absolute Gasteiger partial charge is 0.469 e. The lowest BCUT2D eigenvalue weighted by molar-refractivity contribution is -0.139. The third kappa shape index (κ3) is 4.13. The Morgan fingerprint density at radius 2 is 2.00 bits per heavy atom. The molecule has 4 nitrogen and oxygen atoms in total. The van der Waals surface area contributed by atoms with Gasteiger partial charge in [0.1, 0.15) is 0 Å². The van der Waals surface area contributed by atoms with E-state index in [1.54, 1.807) is 6.34 Å². The van der Waals surface area contributed by atoms with Gasteiger partial charge in [0, 0.05) is 14.1 Å². The second kappa shape index (κ2) is 5.90. The summed E-state index contributed by atoms with van der Waals surface area (Å²) in [6.45, 7) is 0. The number of carbonyl (C=O) groups is 1. The van der Waals surface area contributed by atoms with Crippen molar-refractivity contribution in [3.8, 4) is 0 Å². The van der Waals surface area contributed by atoms with Gasteiger partial charge in [-0.25, -0.2) is 4.99 Å². The van der Waals surface area contributed by atoms with E-state index in [0.717, 1.165) is 11.3 Å². The van der Waals surface area contributed by atoms with Gasteiger partial charge in [0.25, 0.3) is 0 Å². The van der Waals surface area contributed by atoms with E-state index < -0.39 is 0 Å². The highest BCUT2D eigenvalue weighted by atomic mass is 16.5. The molecule has 0 saturated carbocycles. The SMILES string of the molecule is COC(=O)Cc1ccc(N=CN(C)C)cc1. The Labute approximate surface area is 95.6 Å². The fraction of sp³-hybridized carbons (Fsp3) is 0.333. The number of esters is 1. The average Bonchev–Trinajstić information content (AvgIpc) is 2.28. The lowest BCUT2D eigenvalue weighted by atomic mass is 10.1. The lowest BCUT2D eigenvalue weighted by Gasteiger charge is -2.03. The first-order valence-corrected chi connectivity index (χ1v) is 4.98. The van der Waals surface area contributed by atoms with Crippen molar-refractivity contribution in [2.75, 3.05) is 21.2 Å². The Balaban J connectivity index is 2.64. The van der Waals surface area contributed by atoms with Gasteiger partial charge in [0.2, 0.25) is 0 Å². The van der Waals surface area contributed by atoms with Crippen molar-refractivity contribution in [1.29, 1.82) is 0 Å². The van der Waals surface area contributed by atoms with Crippen LogP contribution in [0, 0.1) is 0 Å². The Kier molecular flexibility index (Phi) is 4.51. The maximum atomic E-state index is 11.0. The van der Waals surface area contributed by atoms with Crippen molar-refractivity contribution >= 4 is 18.0 Å². The molecule has 0 heterocycles. The van der Waals surface area contributed by atoms with Gasteiger partial charge in [-0.05, 0) is 17.7 Å². The molecule has 0 spiro atoms. The molecule has 0 fully saturated rings. The van der Waals surface area contributed by atoms with Crippen LogP contribution in [0.1, 0.15) is 5.56 Å². The third-order valence-corrected chi connectivity index (χ3v) is 1.95. The lowest BCUT2D eigenvalue weighted by Crippen LogP contribution is -2.07. The second-order valence-electron chi connectivity index (χ2n) is 3.63. The standard InChI is InChI=1S/C12H16N2O2/c1-14(2)9-13-11-6-4-10(5-7-11)8-12(15)16-3/h4-7,9H,8H2,1-3H3. The average molecular weight is 220 g/mol. The van der Waals surface area contributed by atoms with Gasteiger partial charge >= 0.3 is 5.97 Å². The summed E-state index contributed by atoms with van der Waals surface area (Å²) in [5, 5.41) is 0. The number of rotatable bonds is 4. The highest BCUT2D eigenvalue weighted by Gasteiger charge is 2.01. The van der Waals surface area contributed by atoms with Gasteiger partial charge < -0.3 is 9.64 Å². The number of benzene rings is 1. The summed E-state index contributed by atoms with van der Waals surface area (Å²) >= 11 is 0. The van der Waals surface area contributed by atoms with Crippen molar-refractivity contribution in [3.05, 3.63) is 29.8 Å². The minimum atomic E-state index is -0.232. The number of aliphatic imine (C=N–C) groups is 1. The summed E-state index contributed by atoms with van der Waals surface area (Å²) in [4.78, 5) is 17.1. The highest BCUT2D eigenvalue weighted by Crippen LogP contribution is 2.13. The molecule has 1 aromatic rings. The summed E-state index contributed by atoms with van der Waals surface area (Å²) in [6, 6.07) is 7.50. The summed E-state index contributed by atoms with van der Waals surface area (Å²) < 4.78 is 4.59. The highest BCUT2D eigenvalue weighted by molar-refractivity contribution is 5.72. The number of hydrogen-bond donors (Lipinski definition) is 0. The van der Waals surface area contributed by atoms with Gasteiger partial charge in [-0.1, -0.05) is 12.1 Å². The summed E-state index contributed by atoms with van der Waals surface area (Å²) in [5.41, 5.74) is 1.79. The molecule has 1 aromatic carbocycles. The number of ether oxygens (including phenoxy) is 1. The number of methoxy groups -OCH3 is 1. The molecule has 16 heavy (non-hydrogen) atoms. The maximum Gasteiger partial charge on any atom is 0.309 e. The van der Waals surface area contributed by atoms with Crippen LogP contribution in [0.15, 0.2) is 29.3 Å². The molecular formula is C12H16N2O2. The molecule has 0 aromatic heterocycles. The monoisotopic (exact) mass is 220 g/mol. The first-order valence-electron chi connectivity index (χ1n) is 4.98. The number of hydrogen-bond acceptors (Lipinski definition) is 3. The third-order valence-electron chi connectivity index (χ3n) is 1.95. The van der Waals surface area contributed by atoms with E-state index in [0.29, 0.717) is 6.42 Å². The molecule has 0 aliphatic heterocycles. The molecule has 4 heteroatoms. The van der Waals surface area contributed by atoms with E-state index >= 15 is 0 Å². The van der Waals surface area contributed by atoms with Crippen LogP contribution in [0.4, 0.5) is 5.69 Å². The predicted octanol–water partition coefficient (Wildman–Crippen LogP) is 1.62. The van der Waals surface area contributed by atoms with Crippen LogP contribution in [-0.4, -0.2) is 38.4 Å². The molecule has 0 atom stereocenters. The fourth-order valence-corrected chi connectivity index (χ4v) is 1.12. The molecule has 0 bridgehead atoms. The minimum absolute atomic E-state index is 0.232. The van der Waals surface area contributed by atoms with E-state index in [1.807, 2.05) is 43.3 Å². The quantitative estimate of drug-likeness (QED) is 0.440. The first kappa shape index (κ1) is 12.2. The first-order chi connectivity index (χ1) is 7.61. The van der Waals surface area contributed by atoms with Crippen molar-refractivity contribution in [1.82, 2.24) is 4.90 Å². The van der Waals surface area contributed by atoms with Gasteiger partial charge in [-0.15, -0.1) is 0 Å². The van der Waals surface area contributed by atoms with Crippen LogP contribution in [-0.2, 0) is 16.0 Å². The molecule has 0 aliphatic rings. The molecule has 0 N–H and O–H groups in total. The van der Waals surface area contributed by atoms with Gasteiger partial charge in [0.05, 0.1) is 25.6 Å². The molecular weight excluding hydrogens is 204 g/mol. The van der Waals surface area contributed by atoms with Crippen LogP contribution in [0.5, 0.6) is 0 Å². The maximum absolute atomic E-state index is 11.0. The van der Waals surface area contributed by atoms with Crippen LogP contribution in [0.3, 0.4) is 0 Å². The van der Waals surface area contributed by atoms with Crippen LogP contribution < -0.4 is 0 Å². The van der Waals surface area contributed by atoms with Crippen molar-refractivity contribution in [2.24, 2.45) is 4.99 Å². The van der Waals surface area contributed by atoms with Crippen molar-refractivity contribution in [2.45, 2.75) is 6.42 Å². The van der Waals surface area contributed by atoms with E-state index in [4.69, 9.17) is 0 Å². The smallest absolute Gasteiger partial charge is 0.309 e. The van der Waals surface area contributed by atoms with Crippen molar-refractivity contribution in [3.63, 3.8) is 0 Å². The van der Waals surface area contributed by atoms with Crippen LogP contribution in [0.25, 0.3) is 0 Å². The molecule has 0 unspecified atom stereocenters. The summed E-state index contributed by atoms with van der Waals surface area (Å²) in [5.74, 6) is -0.232. The summed E-state index contributed by atoms with van der Waals surface area (Å²) in [7, 11) is 5.21. The van der Waals surface area contributed by atoms with E-state index in [1.165, 1.54) is 7.11 Å². The predicted molar refractivity (Wildman–Crippen MR) is 64.0 cm³/mol. The van der Waals surface area contributed by atoms with E-state index in [-0.39, 0.29) is 5.97 Å². The van der Waals surface area contributed by atoms with Gasteiger partial charge in [-0.3, -0.25) is 4.79 Å². The van der Waals surface area contributed by atoms with E-state index in [2.05, 4.69) is 9.73 Å². The Hall–Kier alpha value is -1.84. The molecule has 86 valence electrons. The van der Waals surface area contributed by atoms with Crippen LogP contribution in [0.2, 0.25) is 0 Å². The zero-order valence-corrected chi connectivity index (χ0v) is 9.80. The number of carbonyl (C=O) groups excluding carboxylic acids is 1. The van der Waals surface area contributed by atoms with Gasteiger partial charge in [-0.2, -0.15) is 0 Å². The molecule has 1 rings (SSSR count). The minimum Gasteiger partial charge on any atom is -0.469 e. The second-order valence-corrected chi connectivity index (χ2v) is 3.63. The topological polar surface area (TPSA) is 41.9 Å². The van der Waals surface area contributed by atoms with Crippen molar-refractivity contribution < 1.29 is 9.53 Å². The summed E-state index contributed by atoms with van der Waals surface area (Å²) in [6.07, 6.45) is 2.03.